The molecule has 2 N–H and O–H groups in total. The van der Waals surface area contributed by atoms with Crippen LogP contribution < -0.4 is 10.6 Å². The maximum Gasteiger partial charge on any atom is 0.416 e. The van der Waals surface area contributed by atoms with Gasteiger partial charge < -0.3 is 15.5 Å². The fourth-order valence-corrected chi connectivity index (χ4v) is 4.26. The average molecular weight is 438 g/mol. The molecule has 0 saturated heterocycles. The van der Waals surface area contributed by atoms with Gasteiger partial charge in [0.15, 0.2) is 0 Å². The Hall–Kier alpha value is -3.04. The van der Waals surface area contributed by atoms with Gasteiger partial charge in [-0.3, -0.25) is 14.5 Å². The molecule has 0 aromatic heterocycles. The number of nitrogens with zero attached hydrogens (tertiary/aromatic N) is 2. The van der Waals surface area contributed by atoms with Gasteiger partial charge in [0.05, 0.1) is 29.4 Å². The molecule has 2 atom stereocenters. The SMILES string of the molecule is CCN1C(=O)N[C@@H](c2ccccc2C(F)(F)F)C2=C1CN([C@H](C(=O)NC)C(C)C)C2=O. The van der Waals surface area contributed by atoms with Crippen molar-refractivity contribution in [2.75, 3.05) is 20.1 Å². The van der Waals surface area contributed by atoms with Crippen molar-refractivity contribution in [3.63, 3.8) is 0 Å². The average Bonchev–Trinajstić information content (AvgIpc) is 3.03. The monoisotopic (exact) mass is 438 g/mol. The van der Waals surface area contributed by atoms with Gasteiger partial charge in [0.25, 0.3) is 5.91 Å². The second kappa shape index (κ2) is 8.24. The molecule has 0 spiro atoms. The van der Waals surface area contributed by atoms with E-state index in [-0.39, 0.29) is 36.1 Å². The number of carbonyl (C=O) groups excluding carboxylic acids is 3. The Labute approximate surface area is 178 Å². The number of carbonyl (C=O) groups is 3. The number of benzene rings is 1. The van der Waals surface area contributed by atoms with E-state index in [0.717, 1.165) is 6.07 Å². The second-order valence-electron chi connectivity index (χ2n) is 7.81. The summed E-state index contributed by atoms with van der Waals surface area (Å²) in [7, 11) is 1.46. The molecule has 0 unspecified atom stereocenters. The molecule has 7 nitrogen and oxygen atoms in total. The third-order valence-corrected chi connectivity index (χ3v) is 5.63. The minimum atomic E-state index is -4.66. The van der Waals surface area contributed by atoms with E-state index in [0.29, 0.717) is 5.70 Å². The lowest BCUT2D eigenvalue weighted by atomic mass is 9.91. The molecule has 2 aliphatic heterocycles. The van der Waals surface area contributed by atoms with E-state index < -0.39 is 35.8 Å². The third kappa shape index (κ3) is 3.86. The van der Waals surface area contributed by atoms with Gasteiger partial charge in [0.2, 0.25) is 5.91 Å². The molecule has 168 valence electrons. The summed E-state index contributed by atoms with van der Waals surface area (Å²) in [6.07, 6.45) is -4.66. The normalized spacial score (nSPS) is 20.2. The third-order valence-electron chi connectivity index (χ3n) is 5.63. The van der Waals surface area contributed by atoms with Crippen molar-refractivity contribution in [1.29, 1.82) is 0 Å². The molecule has 0 bridgehead atoms. The Bertz CT molecular complexity index is 942. The first-order valence-corrected chi connectivity index (χ1v) is 10.0. The zero-order valence-electron chi connectivity index (χ0n) is 17.7. The number of halogens is 3. The van der Waals surface area contributed by atoms with E-state index in [1.165, 1.54) is 35.0 Å². The topological polar surface area (TPSA) is 81.8 Å². The molecule has 2 aliphatic rings. The molecule has 3 rings (SSSR count). The standard InChI is InChI=1S/C21H25F3N4O3/c1-5-27-14-10-28(17(11(2)3)18(29)25-4)19(30)15(14)16(26-20(27)31)12-8-6-7-9-13(12)21(22,23)24/h6-9,11,16-17H,5,10H2,1-4H3,(H,25,29)(H,26,31)/t16-,17-/m0/s1. The van der Waals surface area contributed by atoms with Gasteiger partial charge in [0.1, 0.15) is 6.04 Å². The molecule has 31 heavy (non-hydrogen) atoms. The predicted octanol–water partition coefficient (Wildman–Crippen LogP) is 2.66. The first kappa shape index (κ1) is 22.6. The fraction of sp³-hybridized carbons (Fsp3) is 0.476. The van der Waals surface area contributed by atoms with Gasteiger partial charge >= 0.3 is 12.2 Å². The lowest BCUT2D eigenvalue weighted by Crippen LogP contribution is -2.50. The van der Waals surface area contributed by atoms with Gasteiger partial charge in [-0.2, -0.15) is 13.2 Å². The van der Waals surface area contributed by atoms with Gasteiger partial charge in [-0.1, -0.05) is 32.0 Å². The van der Waals surface area contributed by atoms with E-state index in [2.05, 4.69) is 10.6 Å². The molecule has 0 radical (unpaired) electrons. The number of likely N-dealkylation sites (N-methyl/N-ethyl adjacent to an activating group) is 2. The van der Waals surface area contributed by atoms with Crippen LogP contribution >= 0.6 is 0 Å². The van der Waals surface area contributed by atoms with Crippen molar-refractivity contribution in [1.82, 2.24) is 20.4 Å². The summed E-state index contributed by atoms with van der Waals surface area (Å²) in [5.74, 6) is -1.18. The molecule has 0 saturated carbocycles. The number of alkyl halides is 3. The van der Waals surface area contributed by atoms with E-state index in [4.69, 9.17) is 0 Å². The number of amides is 4. The summed E-state index contributed by atoms with van der Waals surface area (Å²) in [6, 6.07) is 2.20. The zero-order chi connectivity index (χ0) is 23.1. The van der Waals surface area contributed by atoms with Crippen molar-refractivity contribution < 1.29 is 27.6 Å². The van der Waals surface area contributed by atoms with Gasteiger partial charge in [0, 0.05) is 13.6 Å². The van der Waals surface area contributed by atoms with Crippen LogP contribution in [0.1, 0.15) is 37.9 Å². The summed E-state index contributed by atoms with van der Waals surface area (Å²) in [4.78, 5) is 41.3. The summed E-state index contributed by atoms with van der Waals surface area (Å²) in [6.45, 7) is 5.46. The summed E-state index contributed by atoms with van der Waals surface area (Å²) < 4.78 is 41.0. The molecular weight excluding hydrogens is 413 g/mol. The Balaban J connectivity index is 2.14. The molecule has 2 heterocycles. The lowest BCUT2D eigenvalue weighted by Gasteiger charge is -2.33. The number of hydrogen-bond acceptors (Lipinski definition) is 3. The Morgan fingerprint density at radius 2 is 1.90 bits per heavy atom. The quantitative estimate of drug-likeness (QED) is 0.742. The Morgan fingerprint density at radius 1 is 1.26 bits per heavy atom. The van der Waals surface area contributed by atoms with Crippen molar-refractivity contribution >= 4 is 17.8 Å². The minimum absolute atomic E-state index is 0.0314. The van der Waals surface area contributed by atoms with Crippen LogP contribution in [-0.4, -0.2) is 53.8 Å². The number of nitrogens with one attached hydrogen (secondary N) is 2. The van der Waals surface area contributed by atoms with E-state index in [9.17, 15) is 27.6 Å². The lowest BCUT2D eigenvalue weighted by molar-refractivity contribution is -0.139. The van der Waals surface area contributed by atoms with E-state index >= 15 is 0 Å². The summed E-state index contributed by atoms with van der Waals surface area (Å²) in [5.41, 5.74) is -0.738. The number of hydrogen-bond donors (Lipinski definition) is 2. The highest BCUT2D eigenvalue weighted by molar-refractivity contribution is 6.03. The summed E-state index contributed by atoms with van der Waals surface area (Å²) >= 11 is 0. The predicted molar refractivity (Wildman–Crippen MR) is 107 cm³/mol. The van der Waals surface area contributed by atoms with Gasteiger partial charge in [-0.05, 0) is 24.5 Å². The first-order chi connectivity index (χ1) is 14.5. The van der Waals surface area contributed by atoms with Crippen LogP contribution in [0.2, 0.25) is 0 Å². The highest BCUT2D eigenvalue weighted by atomic mass is 19.4. The van der Waals surface area contributed by atoms with Crippen LogP contribution in [0.25, 0.3) is 0 Å². The van der Waals surface area contributed by atoms with Crippen LogP contribution in [0, 0.1) is 5.92 Å². The molecule has 0 aliphatic carbocycles. The maximum atomic E-state index is 13.7. The maximum absolute atomic E-state index is 13.7. The van der Waals surface area contributed by atoms with Crippen molar-refractivity contribution in [3.05, 3.63) is 46.7 Å². The van der Waals surface area contributed by atoms with Crippen LogP contribution in [0.5, 0.6) is 0 Å². The molecule has 1 aromatic rings. The van der Waals surface area contributed by atoms with Crippen LogP contribution in [0.3, 0.4) is 0 Å². The highest BCUT2D eigenvalue weighted by Gasteiger charge is 2.48. The number of urea groups is 1. The second-order valence-corrected chi connectivity index (χ2v) is 7.81. The Morgan fingerprint density at radius 3 is 2.45 bits per heavy atom. The Kier molecular flexibility index (Phi) is 6.02. The largest absolute Gasteiger partial charge is 0.416 e. The minimum Gasteiger partial charge on any atom is -0.357 e. The van der Waals surface area contributed by atoms with E-state index in [1.54, 1.807) is 20.8 Å². The highest BCUT2D eigenvalue weighted by Crippen LogP contribution is 2.42. The van der Waals surface area contributed by atoms with Gasteiger partial charge in [-0.15, -0.1) is 0 Å². The van der Waals surface area contributed by atoms with Crippen LogP contribution in [0.15, 0.2) is 35.5 Å². The fourth-order valence-electron chi connectivity index (χ4n) is 4.26. The van der Waals surface area contributed by atoms with E-state index in [1.807, 2.05) is 0 Å². The molecule has 1 aromatic carbocycles. The smallest absolute Gasteiger partial charge is 0.357 e. The molecule has 0 fully saturated rings. The molecular formula is C21H25F3N4O3. The van der Waals surface area contributed by atoms with Crippen molar-refractivity contribution in [2.24, 2.45) is 5.92 Å². The van der Waals surface area contributed by atoms with Gasteiger partial charge in [-0.25, -0.2) is 4.79 Å². The summed E-state index contributed by atoms with van der Waals surface area (Å²) in [5, 5.41) is 5.10. The molecule has 10 heteroatoms. The number of rotatable bonds is 5. The van der Waals surface area contributed by atoms with Crippen LogP contribution in [0.4, 0.5) is 18.0 Å². The van der Waals surface area contributed by atoms with Crippen LogP contribution in [-0.2, 0) is 15.8 Å². The zero-order valence-corrected chi connectivity index (χ0v) is 17.7. The first-order valence-electron chi connectivity index (χ1n) is 10.0. The van der Waals surface area contributed by atoms with Crippen molar-refractivity contribution in [3.8, 4) is 0 Å². The van der Waals surface area contributed by atoms with Crippen molar-refractivity contribution in [2.45, 2.75) is 39.0 Å². The molecule has 4 amide bonds.